The molecule has 0 spiro atoms. The van der Waals surface area contributed by atoms with Gasteiger partial charge in [0.05, 0.1) is 13.0 Å². The number of hydrogen-bond donors (Lipinski definition) is 0. The van der Waals surface area contributed by atoms with E-state index in [0.29, 0.717) is 12.2 Å². The fourth-order valence-electron chi connectivity index (χ4n) is 1.90. The molecule has 1 aromatic rings. The van der Waals surface area contributed by atoms with Gasteiger partial charge in [0.1, 0.15) is 11.5 Å². The molecule has 0 amide bonds. The van der Waals surface area contributed by atoms with E-state index in [1.807, 2.05) is 37.3 Å². The molecule has 0 N–H and O–H groups in total. The molecule has 0 saturated heterocycles. The molecule has 0 radical (unpaired) electrons. The number of carbonyl (C=O) groups excluding carboxylic acids is 1. The summed E-state index contributed by atoms with van der Waals surface area (Å²) in [4.78, 5) is 11.6. The van der Waals surface area contributed by atoms with Crippen molar-refractivity contribution in [2.45, 2.75) is 19.8 Å². The number of hydrogen-bond acceptors (Lipinski definition) is 3. The molecule has 3 heteroatoms. The minimum absolute atomic E-state index is 0.0629. The molecule has 1 atom stereocenters. The maximum absolute atomic E-state index is 11.6. The Kier molecular flexibility index (Phi) is 3.47. The number of methoxy groups -OCH3 is 1. The SMILES string of the molecule is COc1ccc(CC2CC=C(C)OC2=O)cc1. The predicted octanol–water partition coefficient (Wildman–Crippen LogP) is 2.70. The van der Waals surface area contributed by atoms with Crippen molar-refractivity contribution in [2.24, 2.45) is 5.92 Å². The van der Waals surface area contributed by atoms with Crippen molar-refractivity contribution in [1.82, 2.24) is 0 Å². The van der Waals surface area contributed by atoms with Crippen molar-refractivity contribution in [3.8, 4) is 5.75 Å². The molecule has 1 aromatic carbocycles. The van der Waals surface area contributed by atoms with Gasteiger partial charge in [0.15, 0.2) is 0 Å². The number of allylic oxidation sites excluding steroid dienone is 2. The zero-order valence-corrected chi connectivity index (χ0v) is 10.1. The molecule has 90 valence electrons. The smallest absolute Gasteiger partial charge is 0.314 e. The Morgan fingerprint density at radius 1 is 1.35 bits per heavy atom. The highest BCUT2D eigenvalue weighted by Crippen LogP contribution is 2.22. The summed E-state index contributed by atoms with van der Waals surface area (Å²) < 4.78 is 10.2. The van der Waals surface area contributed by atoms with E-state index in [1.54, 1.807) is 7.11 Å². The molecule has 2 rings (SSSR count). The van der Waals surface area contributed by atoms with E-state index in [9.17, 15) is 4.79 Å². The van der Waals surface area contributed by atoms with E-state index in [-0.39, 0.29) is 11.9 Å². The Bertz CT molecular complexity index is 431. The number of carbonyl (C=O) groups is 1. The Hall–Kier alpha value is -1.77. The average molecular weight is 232 g/mol. The van der Waals surface area contributed by atoms with Crippen LogP contribution in [0, 0.1) is 5.92 Å². The van der Waals surface area contributed by atoms with Gasteiger partial charge in [-0.25, -0.2) is 0 Å². The van der Waals surface area contributed by atoms with Crippen LogP contribution in [0.15, 0.2) is 36.1 Å². The van der Waals surface area contributed by atoms with Gasteiger partial charge in [0, 0.05) is 0 Å². The van der Waals surface area contributed by atoms with Crippen LogP contribution < -0.4 is 4.74 Å². The largest absolute Gasteiger partial charge is 0.497 e. The third-order valence-corrected chi connectivity index (χ3v) is 2.93. The molecule has 17 heavy (non-hydrogen) atoms. The molecule has 0 aromatic heterocycles. The van der Waals surface area contributed by atoms with E-state index in [2.05, 4.69) is 0 Å². The van der Waals surface area contributed by atoms with Gasteiger partial charge in [0.2, 0.25) is 0 Å². The van der Waals surface area contributed by atoms with Crippen LogP contribution >= 0.6 is 0 Å². The number of rotatable bonds is 3. The molecule has 1 unspecified atom stereocenters. The maximum atomic E-state index is 11.6. The molecule has 1 aliphatic heterocycles. The number of benzene rings is 1. The number of esters is 1. The number of ether oxygens (including phenoxy) is 2. The maximum Gasteiger partial charge on any atom is 0.314 e. The van der Waals surface area contributed by atoms with Crippen molar-refractivity contribution in [3.05, 3.63) is 41.7 Å². The van der Waals surface area contributed by atoms with E-state index >= 15 is 0 Å². The van der Waals surface area contributed by atoms with Crippen LogP contribution in [0.25, 0.3) is 0 Å². The summed E-state index contributed by atoms with van der Waals surface area (Å²) in [6.45, 7) is 1.81. The minimum atomic E-state index is -0.124. The van der Waals surface area contributed by atoms with E-state index < -0.39 is 0 Å². The molecular formula is C14H16O3. The van der Waals surface area contributed by atoms with Gasteiger partial charge in [-0.1, -0.05) is 12.1 Å². The first-order chi connectivity index (χ1) is 8.19. The van der Waals surface area contributed by atoms with Crippen LogP contribution in [0.5, 0.6) is 5.75 Å². The van der Waals surface area contributed by atoms with Gasteiger partial charge >= 0.3 is 5.97 Å². The highest BCUT2D eigenvalue weighted by molar-refractivity contribution is 5.75. The molecule has 0 aliphatic carbocycles. The van der Waals surface area contributed by atoms with Gasteiger partial charge in [-0.3, -0.25) is 4.79 Å². The molecule has 0 fully saturated rings. The van der Waals surface area contributed by atoms with Crippen LogP contribution in [-0.4, -0.2) is 13.1 Å². The van der Waals surface area contributed by atoms with Gasteiger partial charge in [-0.05, 0) is 43.5 Å². The third kappa shape index (κ3) is 2.87. The topological polar surface area (TPSA) is 35.5 Å². The van der Waals surface area contributed by atoms with Crippen molar-refractivity contribution < 1.29 is 14.3 Å². The van der Waals surface area contributed by atoms with E-state index in [0.717, 1.165) is 17.7 Å². The van der Waals surface area contributed by atoms with Crippen LogP contribution in [0.4, 0.5) is 0 Å². The van der Waals surface area contributed by atoms with Crippen molar-refractivity contribution >= 4 is 5.97 Å². The van der Waals surface area contributed by atoms with E-state index in [1.165, 1.54) is 0 Å². The lowest BCUT2D eigenvalue weighted by Gasteiger charge is -2.19. The Morgan fingerprint density at radius 3 is 2.65 bits per heavy atom. The second kappa shape index (κ2) is 5.04. The summed E-state index contributed by atoms with van der Waals surface area (Å²) >= 11 is 0. The fraction of sp³-hybridized carbons (Fsp3) is 0.357. The first kappa shape index (κ1) is 11.7. The zero-order chi connectivity index (χ0) is 12.3. The third-order valence-electron chi connectivity index (χ3n) is 2.93. The summed E-state index contributed by atoms with van der Waals surface area (Å²) in [7, 11) is 1.64. The summed E-state index contributed by atoms with van der Waals surface area (Å²) in [5.74, 6) is 1.35. The first-order valence-corrected chi connectivity index (χ1v) is 5.70. The van der Waals surface area contributed by atoms with Crippen molar-refractivity contribution in [3.63, 3.8) is 0 Å². The van der Waals surface area contributed by atoms with Crippen LogP contribution in [-0.2, 0) is 16.0 Å². The summed E-state index contributed by atoms with van der Waals surface area (Å²) in [6, 6.07) is 7.78. The highest BCUT2D eigenvalue weighted by Gasteiger charge is 2.23. The lowest BCUT2D eigenvalue weighted by Crippen LogP contribution is -2.22. The van der Waals surface area contributed by atoms with Gasteiger partial charge < -0.3 is 9.47 Å². The zero-order valence-electron chi connectivity index (χ0n) is 10.1. The van der Waals surface area contributed by atoms with Crippen molar-refractivity contribution in [2.75, 3.05) is 7.11 Å². The lowest BCUT2D eigenvalue weighted by atomic mass is 9.94. The molecule has 1 aliphatic rings. The monoisotopic (exact) mass is 232 g/mol. The molecule has 0 saturated carbocycles. The van der Waals surface area contributed by atoms with Crippen LogP contribution in [0.2, 0.25) is 0 Å². The standard InChI is InChI=1S/C14H16O3/c1-10-3-6-12(14(15)17-10)9-11-4-7-13(16-2)8-5-11/h3-5,7-8,12H,6,9H2,1-2H3. The minimum Gasteiger partial charge on any atom is -0.497 e. The van der Waals surface area contributed by atoms with Crippen LogP contribution in [0.3, 0.4) is 0 Å². The normalized spacial score (nSPS) is 19.5. The quantitative estimate of drug-likeness (QED) is 0.752. The van der Waals surface area contributed by atoms with Gasteiger partial charge in [0.25, 0.3) is 0 Å². The van der Waals surface area contributed by atoms with E-state index in [4.69, 9.17) is 9.47 Å². The Morgan fingerprint density at radius 2 is 2.06 bits per heavy atom. The molecule has 3 nitrogen and oxygen atoms in total. The first-order valence-electron chi connectivity index (χ1n) is 5.70. The van der Waals surface area contributed by atoms with Gasteiger partial charge in [-0.15, -0.1) is 0 Å². The molecule has 1 heterocycles. The summed E-state index contributed by atoms with van der Waals surface area (Å²) in [5, 5.41) is 0. The van der Waals surface area contributed by atoms with Crippen LogP contribution in [0.1, 0.15) is 18.9 Å². The second-order valence-electron chi connectivity index (χ2n) is 4.22. The summed E-state index contributed by atoms with van der Waals surface area (Å²) in [5.41, 5.74) is 1.13. The molecule has 0 bridgehead atoms. The Labute approximate surface area is 101 Å². The summed E-state index contributed by atoms with van der Waals surface area (Å²) in [6.07, 6.45) is 3.44. The average Bonchev–Trinajstić information content (AvgIpc) is 2.34. The Balaban J connectivity index is 2.03. The predicted molar refractivity (Wildman–Crippen MR) is 64.7 cm³/mol. The van der Waals surface area contributed by atoms with Gasteiger partial charge in [-0.2, -0.15) is 0 Å². The second-order valence-corrected chi connectivity index (χ2v) is 4.22. The highest BCUT2D eigenvalue weighted by atomic mass is 16.5. The number of cyclic esters (lactones) is 1. The fourth-order valence-corrected chi connectivity index (χ4v) is 1.90. The molecular weight excluding hydrogens is 216 g/mol. The lowest BCUT2D eigenvalue weighted by molar-refractivity contribution is -0.145. The van der Waals surface area contributed by atoms with Crippen molar-refractivity contribution in [1.29, 1.82) is 0 Å².